The number of aryl methyl sites for hydroxylation is 1. The lowest BCUT2D eigenvalue weighted by Crippen LogP contribution is -2.13. The minimum atomic E-state index is -0.593. The Bertz CT molecular complexity index is 648. The molecule has 1 amide bonds. The number of carbonyl (C=O) groups is 1. The van der Waals surface area contributed by atoms with Crippen LogP contribution in [0, 0.1) is 6.92 Å². The second-order valence-corrected chi connectivity index (χ2v) is 5.21. The van der Waals surface area contributed by atoms with Gasteiger partial charge in [-0.05, 0) is 36.9 Å². The summed E-state index contributed by atoms with van der Waals surface area (Å²) in [6.07, 6.45) is 1.64. The predicted octanol–water partition coefficient (Wildman–Crippen LogP) is 2.27. The van der Waals surface area contributed by atoms with Crippen molar-refractivity contribution in [2.45, 2.75) is 17.0 Å². The van der Waals surface area contributed by atoms with Crippen LogP contribution in [0.3, 0.4) is 0 Å². The fourth-order valence-corrected chi connectivity index (χ4v) is 2.72. The Morgan fingerprint density at radius 2 is 2.16 bits per heavy atom. The van der Waals surface area contributed by atoms with Crippen LogP contribution in [-0.4, -0.2) is 15.9 Å². The molecule has 1 aromatic carbocycles. The summed E-state index contributed by atoms with van der Waals surface area (Å²) in [4.78, 5) is 20.3. The van der Waals surface area contributed by atoms with Crippen LogP contribution in [0.4, 0.5) is 5.69 Å². The van der Waals surface area contributed by atoms with Crippen LogP contribution in [0.5, 0.6) is 0 Å². The molecular weight excluding hydrogens is 284 g/mol. The molecule has 0 saturated heterocycles. The zero-order valence-corrected chi connectivity index (χ0v) is 11.6. The number of hydrogen-bond donors (Lipinski definition) is 2. The van der Waals surface area contributed by atoms with Gasteiger partial charge in [0.1, 0.15) is 0 Å². The summed E-state index contributed by atoms with van der Waals surface area (Å²) < 4.78 is 0. The van der Waals surface area contributed by atoms with Gasteiger partial charge in [-0.15, -0.1) is 0 Å². The molecular formula is C12H11ClN4OS. The summed E-state index contributed by atoms with van der Waals surface area (Å²) in [5, 5.41) is 0.845. The first-order valence-electron chi connectivity index (χ1n) is 5.33. The van der Waals surface area contributed by atoms with Crippen molar-refractivity contribution in [3.63, 3.8) is 0 Å². The van der Waals surface area contributed by atoms with Gasteiger partial charge in [0.25, 0.3) is 0 Å². The van der Waals surface area contributed by atoms with Crippen LogP contribution in [0.25, 0.3) is 0 Å². The first-order chi connectivity index (χ1) is 8.97. The molecule has 0 atom stereocenters. The third-order valence-electron chi connectivity index (χ3n) is 2.30. The van der Waals surface area contributed by atoms with E-state index in [-0.39, 0.29) is 5.56 Å². The second-order valence-electron chi connectivity index (χ2n) is 3.83. The normalized spacial score (nSPS) is 10.4. The summed E-state index contributed by atoms with van der Waals surface area (Å²) >= 11 is 7.29. The topological polar surface area (TPSA) is 94.9 Å². The van der Waals surface area contributed by atoms with Gasteiger partial charge in [-0.1, -0.05) is 11.6 Å². The lowest BCUT2D eigenvalue weighted by molar-refractivity contribution is 0.0997. The summed E-state index contributed by atoms with van der Waals surface area (Å²) in [5.41, 5.74) is 12.4. The molecule has 1 heterocycles. The quantitative estimate of drug-likeness (QED) is 0.669. The molecule has 0 unspecified atom stereocenters. The van der Waals surface area contributed by atoms with Crippen LogP contribution in [0.2, 0.25) is 5.02 Å². The molecule has 0 spiro atoms. The number of primary amides is 1. The molecule has 4 N–H and O–H groups in total. The summed E-state index contributed by atoms with van der Waals surface area (Å²) in [6.45, 7) is 1.85. The third-order valence-corrected chi connectivity index (χ3v) is 3.73. The van der Waals surface area contributed by atoms with Crippen molar-refractivity contribution in [3.05, 3.63) is 40.7 Å². The van der Waals surface area contributed by atoms with E-state index in [0.29, 0.717) is 20.8 Å². The van der Waals surface area contributed by atoms with Crippen LogP contribution < -0.4 is 11.5 Å². The Labute approximate surface area is 119 Å². The Hall–Kier alpha value is -1.79. The third kappa shape index (κ3) is 3.15. The van der Waals surface area contributed by atoms with E-state index in [2.05, 4.69) is 9.97 Å². The highest BCUT2D eigenvalue weighted by atomic mass is 35.5. The van der Waals surface area contributed by atoms with Crippen molar-refractivity contribution in [1.29, 1.82) is 0 Å². The van der Waals surface area contributed by atoms with E-state index in [1.165, 1.54) is 17.8 Å². The maximum absolute atomic E-state index is 11.4. The smallest absolute Gasteiger partial charge is 0.249 e. The second kappa shape index (κ2) is 5.46. The van der Waals surface area contributed by atoms with Gasteiger partial charge in [-0.2, -0.15) is 0 Å². The highest BCUT2D eigenvalue weighted by molar-refractivity contribution is 7.99. The average Bonchev–Trinajstić information content (AvgIpc) is 2.32. The van der Waals surface area contributed by atoms with Crippen molar-refractivity contribution < 1.29 is 4.79 Å². The van der Waals surface area contributed by atoms with Gasteiger partial charge in [-0.3, -0.25) is 4.79 Å². The van der Waals surface area contributed by atoms with Crippen LogP contribution in [0.1, 0.15) is 16.1 Å². The first kappa shape index (κ1) is 13.6. The summed E-state index contributed by atoms with van der Waals surface area (Å²) in [6, 6.07) is 4.84. The molecule has 0 aliphatic carbocycles. The van der Waals surface area contributed by atoms with E-state index >= 15 is 0 Å². The molecule has 1 aromatic heterocycles. The number of anilines is 1. The molecule has 2 aromatic rings. The lowest BCUT2D eigenvalue weighted by Gasteiger charge is -2.09. The minimum Gasteiger partial charge on any atom is -0.399 e. The maximum Gasteiger partial charge on any atom is 0.249 e. The molecule has 7 heteroatoms. The van der Waals surface area contributed by atoms with Crippen molar-refractivity contribution in [3.8, 4) is 0 Å². The number of aromatic nitrogens is 2. The van der Waals surface area contributed by atoms with E-state index in [1.807, 2.05) is 6.92 Å². The monoisotopic (exact) mass is 294 g/mol. The summed E-state index contributed by atoms with van der Waals surface area (Å²) in [7, 11) is 0. The molecule has 0 saturated carbocycles. The van der Waals surface area contributed by atoms with Crippen molar-refractivity contribution in [1.82, 2.24) is 9.97 Å². The first-order valence-corrected chi connectivity index (χ1v) is 6.53. The van der Waals surface area contributed by atoms with Crippen LogP contribution in [0.15, 0.2) is 34.4 Å². The number of rotatable bonds is 3. The number of nitrogens with two attached hydrogens (primary N) is 2. The maximum atomic E-state index is 11.4. The molecule has 98 valence electrons. The molecule has 5 nitrogen and oxygen atoms in total. The number of nitrogen functional groups attached to an aromatic ring is 1. The van der Waals surface area contributed by atoms with Crippen molar-refractivity contribution >= 4 is 35.0 Å². The fraction of sp³-hybridized carbons (Fsp3) is 0.0833. The minimum absolute atomic E-state index is 0.264. The van der Waals surface area contributed by atoms with Gasteiger partial charge >= 0.3 is 0 Å². The van der Waals surface area contributed by atoms with Gasteiger partial charge in [0.2, 0.25) is 5.91 Å². The van der Waals surface area contributed by atoms with Gasteiger partial charge in [0.15, 0.2) is 5.16 Å². The molecule has 0 aliphatic rings. The molecule has 0 radical (unpaired) electrons. The van der Waals surface area contributed by atoms with E-state index in [4.69, 9.17) is 23.1 Å². The number of halogens is 1. The Kier molecular flexibility index (Phi) is 3.92. The van der Waals surface area contributed by atoms with E-state index in [9.17, 15) is 4.79 Å². The SMILES string of the molecule is Cc1ccnc(Sc2c(Cl)cc(N)cc2C(N)=O)n1. The zero-order chi connectivity index (χ0) is 14.0. The van der Waals surface area contributed by atoms with E-state index < -0.39 is 5.91 Å². The van der Waals surface area contributed by atoms with E-state index in [0.717, 1.165) is 5.69 Å². The van der Waals surface area contributed by atoms with Crippen LogP contribution >= 0.6 is 23.4 Å². The van der Waals surface area contributed by atoms with Crippen molar-refractivity contribution in [2.24, 2.45) is 5.73 Å². The number of hydrogen-bond acceptors (Lipinski definition) is 5. The Morgan fingerprint density at radius 3 is 2.79 bits per heavy atom. The van der Waals surface area contributed by atoms with Crippen molar-refractivity contribution in [2.75, 3.05) is 5.73 Å². The predicted molar refractivity (Wildman–Crippen MR) is 75.3 cm³/mol. The molecule has 19 heavy (non-hydrogen) atoms. The number of benzene rings is 1. The highest BCUT2D eigenvalue weighted by Crippen LogP contribution is 2.35. The Morgan fingerprint density at radius 1 is 1.42 bits per heavy atom. The molecule has 0 fully saturated rings. The largest absolute Gasteiger partial charge is 0.399 e. The van der Waals surface area contributed by atoms with Crippen LogP contribution in [-0.2, 0) is 0 Å². The summed E-state index contributed by atoms with van der Waals surface area (Å²) in [5.74, 6) is -0.593. The number of nitrogens with zero attached hydrogens (tertiary/aromatic N) is 2. The van der Waals surface area contributed by atoms with Gasteiger partial charge in [-0.25, -0.2) is 9.97 Å². The van der Waals surface area contributed by atoms with Gasteiger partial charge in [0.05, 0.1) is 10.6 Å². The average molecular weight is 295 g/mol. The molecule has 0 aliphatic heterocycles. The molecule has 2 rings (SSSR count). The van der Waals surface area contributed by atoms with Gasteiger partial charge < -0.3 is 11.5 Å². The number of amides is 1. The zero-order valence-electron chi connectivity index (χ0n) is 10.1. The van der Waals surface area contributed by atoms with E-state index in [1.54, 1.807) is 18.3 Å². The number of carbonyl (C=O) groups excluding carboxylic acids is 1. The fourth-order valence-electron chi connectivity index (χ4n) is 1.47. The molecule has 0 bridgehead atoms. The lowest BCUT2D eigenvalue weighted by atomic mass is 10.2. The highest BCUT2D eigenvalue weighted by Gasteiger charge is 2.15. The standard InChI is InChI=1S/C12H11ClN4OS/c1-6-2-3-16-12(17-6)19-10-8(11(15)18)4-7(14)5-9(10)13/h2-5H,14H2,1H3,(H2,15,18). The van der Waals surface area contributed by atoms with Gasteiger partial charge in [0, 0.05) is 22.5 Å². The Balaban J connectivity index is 2.47.